The summed E-state index contributed by atoms with van der Waals surface area (Å²) in [4.78, 5) is 14.1. The largest absolute Gasteiger partial charge is 0.481 e. The van der Waals surface area contributed by atoms with Gasteiger partial charge < -0.3 is 5.11 Å². The first kappa shape index (κ1) is 12.6. The summed E-state index contributed by atoms with van der Waals surface area (Å²) in [5, 5.41) is 8.51. The van der Waals surface area contributed by atoms with E-state index in [1.54, 1.807) is 22.6 Å². The summed E-state index contributed by atoms with van der Waals surface area (Å²) in [6.07, 6.45) is -2.14. The number of hydrogen-bond acceptors (Lipinski definition) is 2. The Hall–Kier alpha value is -0.500. The van der Waals surface area contributed by atoms with Gasteiger partial charge in [-0.3, -0.25) is 4.79 Å². The zero-order valence-corrected chi connectivity index (χ0v) is 10.1. The molecule has 82 valence electrons. The summed E-state index contributed by atoms with van der Waals surface area (Å²) in [7, 11) is 0. The van der Waals surface area contributed by atoms with Crippen molar-refractivity contribution in [3.63, 3.8) is 0 Å². The van der Waals surface area contributed by atoms with Crippen LogP contribution >= 0.6 is 34.2 Å². The molecule has 15 heavy (non-hydrogen) atoms. The van der Waals surface area contributed by atoms with Crippen molar-refractivity contribution in [3.8, 4) is 0 Å². The first-order chi connectivity index (χ1) is 6.93. The van der Waals surface area contributed by atoms with Gasteiger partial charge in [-0.25, -0.2) is 13.8 Å². The van der Waals surface area contributed by atoms with E-state index in [9.17, 15) is 13.6 Å². The molecule has 0 aliphatic rings. The lowest BCUT2D eigenvalue weighted by molar-refractivity contribution is -0.136. The number of pyridine rings is 1. The molecule has 3 nitrogen and oxygen atoms in total. The van der Waals surface area contributed by atoms with Gasteiger partial charge in [0.25, 0.3) is 6.43 Å². The normalized spacial score (nSPS) is 10.7. The van der Waals surface area contributed by atoms with Crippen molar-refractivity contribution < 1.29 is 18.7 Å². The molecular formula is C8H5ClF2INO2. The van der Waals surface area contributed by atoms with Gasteiger partial charge in [0.2, 0.25) is 0 Å². The Morgan fingerprint density at radius 3 is 2.73 bits per heavy atom. The first-order valence-electron chi connectivity index (χ1n) is 3.76. The van der Waals surface area contributed by atoms with Crippen LogP contribution in [0.15, 0.2) is 6.20 Å². The van der Waals surface area contributed by atoms with Crippen molar-refractivity contribution in [2.24, 2.45) is 0 Å². The molecule has 1 heterocycles. The Morgan fingerprint density at radius 2 is 2.27 bits per heavy atom. The van der Waals surface area contributed by atoms with Gasteiger partial charge >= 0.3 is 5.97 Å². The highest BCUT2D eigenvalue weighted by Crippen LogP contribution is 2.31. The summed E-state index contributed by atoms with van der Waals surface area (Å²) in [6.45, 7) is 0. The smallest absolute Gasteiger partial charge is 0.307 e. The number of aromatic nitrogens is 1. The average molecular weight is 347 g/mol. The minimum Gasteiger partial charge on any atom is -0.481 e. The number of nitrogens with zero attached hydrogens (tertiary/aromatic N) is 1. The molecule has 0 radical (unpaired) electrons. The molecule has 7 heteroatoms. The molecule has 1 aromatic rings. The minimum absolute atomic E-state index is 0.0480. The van der Waals surface area contributed by atoms with Crippen LogP contribution in [0.25, 0.3) is 0 Å². The monoisotopic (exact) mass is 347 g/mol. The number of hydrogen-bond donors (Lipinski definition) is 1. The molecule has 1 rings (SSSR count). The zero-order valence-electron chi connectivity index (χ0n) is 7.18. The summed E-state index contributed by atoms with van der Waals surface area (Å²) in [5.74, 6) is -1.21. The maximum absolute atomic E-state index is 12.6. The Kier molecular flexibility index (Phi) is 4.21. The van der Waals surface area contributed by atoms with Crippen LogP contribution in [0.5, 0.6) is 0 Å². The summed E-state index contributed by atoms with van der Waals surface area (Å²) in [6, 6.07) is 0. The van der Waals surface area contributed by atoms with Crippen molar-refractivity contribution in [1.29, 1.82) is 0 Å². The average Bonchev–Trinajstić information content (AvgIpc) is 2.10. The van der Waals surface area contributed by atoms with Crippen LogP contribution in [0, 0.1) is 3.70 Å². The molecule has 0 amide bonds. The lowest BCUT2D eigenvalue weighted by Crippen LogP contribution is -2.07. The van der Waals surface area contributed by atoms with Gasteiger partial charge in [-0.15, -0.1) is 0 Å². The molecule has 0 aromatic carbocycles. The highest BCUT2D eigenvalue weighted by Gasteiger charge is 2.21. The van der Waals surface area contributed by atoms with E-state index >= 15 is 0 Å². The summed E-state index contributed by atoms with van der Waals surface area (Å²) >= 11 is 7.25. The Labute approximate surface area is 103 Å². The van der Waals surface area contributed by atoms with E-state index < -0.39 is 24.4 Å². The standard InChI is InChI=1S/C8H5ClF2INO2/c9-4-2-13-8(12)6(7(10)11)3(4)1-5(14)15/h2,7H,1H2,(H,14,15). The fourth-order valence-corrected chi connectivity index (χ4v) is 1.98. The van der Waals surface area contributed by atoms with Gasteiger partial charge in [0.15, 0.2) is 0 Å². The fourth-order valence-electron chi connectivity index (χ4n) is 1.07. The second kappa shape index (κ2) is 5.02. The van der Waals surface area contributed by atoms with Crippen LogP contribution in [-0.4, -0.2) is 16.1 Å². The highest BCUT2D eigenvalue weighted by atomic mass is 127. The number of carbonyl (C=O) groups is 1. The van der Waals surface area contributed by atoms with Crippen LogP contribution in [0.2, 0.25) is 5.02 Å². The highest BCUT2D eigenvalue weighted by molar-refractivity contribution is 14.1. The van der Waals surface area contributed by atoms with Gasteiger partial charge in [0.1, 0.15) is 3.70 Å². The Morgan fingerprint density at radius 1 is 1.67 bits per heavy atom. The molecule has 0 aliphatic carbocycles. The quantitative estimate of drug-likeness (QED) is 0.676. The van der Waals surface area contributed by atoms with Crippen LogP contribution < -0.4 is 0 Å². The van der Waals surface area contributed by atoms with Gasteiger partial charge in [0.05, 0.1) is 17.0 Å². The van der Waals surface area contributed by atoms with Gasteiger partial charge in [-0.1, -0.05) is 11.6 Å². The third kappa shape index (κ3) is 2.97. The van der Waals surface area contributed by atoms with Crippen LogP contribution in [-0.2, 0) is 11.2 Å². The molecule has 0 aliphatic heterocycles. The van der Waals surface area contributed by atoms with E-state index in [1.165, 1.54) is 6.20 Å². The van der Waals surface area contributed by atoms with E-state index in [0.29, 0.717) is 0 Å². The van der Waals surface area contributed by atoms with Crippen molar-refractivity contribution in [2.75, 3.05) is 0 Å². The lowest BCUT2D eigenvalue weighted by atomic mass is 10.1. The molecule has 0 saturated heterocycles. The number of halogens is 4. The van der Waals surface area contributed by atoms with Crippen molar-refractivity contribution in [2.45, 2.75) is 12.8 Å². The second-order valence-corrected chi connectivity index (χ2v) is 4.09. The molecule has 1 N–H and O–H groups in total. The summed E-state index contributed by atoms with van der Waals surface area (Å²) < 4.78 is 25.3. The van der Waals surface area contributed by atoms with E-state index in [-0.39, 0.29) is 14.3 Å². The number of carboxylic acids is 1. The third-order valence-corrected chi connectivity index (χ3v) is 2.86. The molecule has 0 fully saturated rings. The van der Waals surface area contributed by atoms with Gasteiger partial charge in [-0.05, 0) is 28.2 Å². The molecule has 0 atom stereocenters. The number of carboxylic acid groups (broad SMARTS) is 1. The molecule has 0 saturated carbocycles. The predicted molar refractivity (Wildman–Crippen MR) is 58.3 cm³/mol. The van der Waals surface area contributed by atoms with Crippen molar-refractivity contribution >= 4 is 40.2 Å². The maximum Gasteiger partial charge on any atom is 0.307 e. The van der Waals surface area contributed by atoms with E-state index in [2.05, 4.69) is 4.98 Å². The topological polar surface area (TPSA) is 50.2 Å². The van der Waals surface area contributed by atoms with E-state index in [4.69, 9.17) is 16.7 Å². The molecule has 0 spiro atoms. The van der Waals surface area contributed by atoms with Gasteiger partial charge in [-0.2, -0.15) is 0 Å². The fraction of sp³-hybridized carbons (Fsp3) is 0.250. The zero-order chi connectivity index (χ0) is 11.6. The number of aliphatic carboxylic acids is 1. The lowest BCUT2D eigenvalue weighted by Gasteiger charge is -2.10. The maximum atomic E-state index is 12.6. The number of alkyl halides is 2. The Bertz CT molecular complexity index is 400. The first-order valence-corrected chi connectivity index (χ1v) is 5.22. The predicted octanol–water partition coefficient (Wildman–Crippen LogP) is 2.90. The molecule has 1 aromatic heterocycles. The Balaban J connectivity index is 3.31. The molecule has 0 bridgehead atoms. The van der Waals surface area contributed by atoms with Gasteiger partial charge in [0, 0.05) is 6.20 Å². The van der Waals surface area contributed by atoms with Crippen molar-refractivity contribution in [3.05, 3.63) is 26.0 Å². The van der Waals surface area contributed by atoms with Crippen LogP contribution in [0.3, 0.4) is 0 Å². The van der Waals surface area contributed by atoms with Crippen LogP contribution in [0.1, 0.15) is 17.6 Å². The van der Waals surface area contributed by atoms with Crippen LogP contribution in [0.4, 0.5) is 8.78 Å². The van der Waals surface area contributed by atoms with E-state index in [0.717, 1.165) is 0 Å². The third-order valence-electron chi connectivity index (χ3n) is 1.67. The molecular weight excluding hydrogens is 342 g/mol. The number of rotatable bonds is 3. The van der Waals surface area contributed by atoms with Crippen molar-refractivity contribution in [1.82, 2.24) is 4.98 Å². The minimum atomic E-state index is -2.78. The SMILES string of the molecule is O=C(O)Cc1c(Cl)cnc(I)c1C(F)F. The summed E-state index contributed by atoms with van der Waals surface area (Å²) in [5.41, 5.74) is -0.468. The molecule has 0 unspecified atom stereocenters. The second-order valence-electron chi connectivity index (χ2n) is 2.66. The van der Waals surface area contributed by atoms with E-state index in [1.807, 2.05) is 0 Å².